The lowest BCUT2D eigenvalue weighted by molar-refractivity contribution is -0.139. The van der Waals surface area contributed by atoms with Crippen molar-refractivity contribution in [2.75, 3.05) is 58.9 Å². The zero-order valence-electron chi connectivity index (χ0n) is 21.0. The third-order valence-electron chi connectivity index (χ3n) is 6.55. The minimum absolute atomic E-state index is 0.0458. The van der Waals surface area contributed by atoms with Gasteiger partial charge in [-0.15, -0.1) is 0 Å². The van der Waals surface area contributed by atoms with Crippen LogP contribution < -0.4 is 0 Å². The Labute approximate surface area is 216 Å². The fourth-order valence-corrected chi connectivity index (χ4v) is 4.53. The zero-order valence-corrected chi connectivity index (χ0v) is 21.0. The molecule has 2 amide bonds. The first-order valence-corrected chi connectivity index (χ1v) is 12.6. The molecule has 0 spiro atoms. The van der Waals surface area contributed by atoms with Gasteiger partial charge < -0.3 is 15.3 Å². The van der Waals surface area contributed by atoms with Crippen molar-refractivity contribution in [3.05, 3.63) is 47.5 Å². The molecule has 0 aromatic heterocycles. The van der Waals surface area contributed by atoms with Gasteiger partial charge in [0.15, 0.2) is 6.29 Å². The number of aliphatic hydroxyl groups is 2. The molecule has 3 N–H and O–H groups in total. The first-order valence-electron chi connectivity index (χ1n) is 12.6. The average Bonchev–Trinajstić information content (AvgIpc) is 3.19. The van der Waals surface area contributed by atoms with Gasteiger partial charge in [0.05, 0.1) is 6.54 Å². The minimum atomic E-state index is -1.44. The number of hydrogen-bond donors (Lipinski definition) is 3. The Bertz CT molecular complexity index is 962. The van der Waals surface area contributed by atoms with Crippen LogP contribution in [0.15, 0.2) is 36.4 Å². The highest BCUT2D eigenvalue weighted by Gasteiger charge is 2.23. The van der Waals surface area contributed by atoms with Crippen molar-refractivity contribution in [2.45, 2.75) is 32.1 Å². The number of ketones is 1. The Kier molecular flexibility index (Phi) is 10.9. The number of hydrogen-bond acceptors (Lipinski definition) is 9. The van der Waals surface area contributed by atoms with Gasteiger partial charge in [0.1, 0.15) is 5.78 Å². The maximum Gasteiger partial charge on any atom is 0.317 e. The van der Waals surface area contributed by atoms with E-state index in [4.69, 9.17) is 0 Å². The molecule has 37 heavy (non-hydrogen) atoms. The largest absolute Gasteiger partial charge is 0.480 e. The lowest BCUT2D eigenvalue weighted by Crippen LogP contribution is -2.41. The van der Waals surface area contributed by atoms with E-state index in [2.05, 4.69) is 4.90 Å². The molecule has 1 fully saturated rings. The van der Waals surface area contributed by atoms with Crippen LogP contribution in [0.2, 0.25) is 0 Å². The van der Waals surface area contributed by atoms with Gasteiger partial charge in [0.25, 0.3) is 11.8 Å². The number of β-amino-alcohol motifs (C(OH)–C–C–N with tert-alkyl or cyclic N) is 2. The van der Waals surface area contributed by atoms with Crippen molar-refractivity contribution in [2.24, 2.45) is 0 Å². The normalized spacial score (nSPS) is 18.3. The quantitative estimate of drug-likeness (QED) is 0.242. The van der Waals surface area contributed by atoms with Crippen molar-refractivity contribution in [1.29, 1.82) is 0 Å². The van der Waals surface area contributed by atoms with Crippen LogP contribution in [0.4, 0.5) is 0 Å². The Morgan fingerprint density at radius 3 is 1.92 bits per heavy atom. The Morgan fingerprint density at radius 1 is 0.811 bits per heavy atom. The number of amides is 2. The summed E-state index contributed by atoms with van der Waals surface area (Å²) < 4.78 is 0. The molecule has 11 nitrogen and oxygen atoms in total. The second-order valence-electron chi connectivity index (χ2n) is 9.52. The highest BCUT2D eigenvalue weighted by molar-refractivity contribution is 6.12. The van der Waals surface area contributed by atoms with Gasteiger partial charge in [0.2, 0.25) is 0 Å². The van der Waals surface area contributed by atoms with Crippen LogP contribution in [0.25, 0.3) is 0 Å². The van der Waals surface area contributed by atoms with E-state index in [-0.39, 0.29) is 43.7 Å². The fraction of sp³-hybridized carbons (Fsp3) is 0.538. The average molecular weight is 517 g/mol. The van der Waals surface area contributed by atoms with Crippen LogP contribution in [0.5, 0.6) is 0 Å². The van der Waals surface area contributed by atoms with Crippen LogP contribution in [-0.2, 0) is 32.1 Å². The third kappa shape index (κ3) is 9.78. The number of benzene rings is 1. The van der Waals surface area contributed by atoms with E-state index in [1.165, 1.54) is 12.2 Å². The number of carbonyl (C=O) groups excluding carboxylic acids is 3. The van der Waals surface area contributed by atoms with Crippen molar-refractivity contribution < 1.29 is 34.5 Å². The van der Waals surface area contributed by atoms with Gasteiger partial charge in [-0.3, -0.25) is 38.8 Å². The molecule has 0 atom stereocenters. The lowest BCUT2D eigenvalue weighted by Gasteiger charge is -2.26. The lowest BCUT2D eigenvalue weighted by atomic mass is 10.0. The number of carboxylic acid groups (broad SMARTS) is 1. The van der Waals surface area contributed by atoms with Crippen LogP contribution in [0.1, 0.15) is 24.0 Å². The number of Topliss-reactive ketones (excluding diaryl/α,β-unsaturated/α-hetero) is 1. The summed E-state index contributed by atoms with van der Waals surface area (Å²) in [6, 6.07) is 7.80. The van der Waals surface area contributed by atoms with E-state index in [1.54, 1.807) is 0 Å². The van der Waals surface area contributed by atoms with E-state index in [1.807, 2.05) is 34.1 Å². The molecule has 0 aliphatic carbocycles. The Morgan fingerprint density at radius 2 is 1.35 bits per heavy atom. The smallest absolute Gasteiger partial charge is 0.317 e. The number of imide groups is 1. The van der Waals surface area contributed by atoms with E-state index in [0.29, 0.717) is 58.7 Å². The number of aliphatic hydroxyl groups excluding tert-OH is 1. The monoisotopic (exact) mass is 516 g/mol. The molecule has 2 aliphatic rings. The molecule has 0 saturated carbocycles. The standard InChI is InChI=1S/C26H36N4O7/c31-22(2-1-9-30-23(32)7-8-24(30)33)16-20-3-5-21(6-4-20)17-27-10-12-28(18-25(34)35)14-15-29(13-11-27)19-26(36)37/h3-8,25,34-35H,1-2,9-19H2,(H,36,37). The molecular formula is C26H36N4O7. The van der Waals surface area contributed by atoms with Gasteiger partial charge in [-0.25, -0.2) is 0 Å². The van der Waals surface area contributed by atoms with Gasteiger partial charge in [-0.2, -0.15) is 0 Å². The molecule has 0 unspecified atom stereocenters. The molecule has 202 valence electrons. The number of carboxylic acids is 1. The predicted molar refractivity (Wildman–Crippen MR) is 134 cm³/mol. The predicted octanol–water partition coefficient (Wildman–Crippen LogP) is -0.682. The maximum absolute atomic E-state index is 12.4. The van der Waals surface area contributed by atoms with E-state index < -0.39 is 12.3 Å². The molecule has 0 bridgehead atoms. The van der Waals surface area contributed by atoms with E-state index >= 15 is 0 Å². The van der Waals surface area contributed by atoms with Crippen molar-refractivity contribution >= 4 is 23.6 Å². The summed E-state index contributed by atoms with van der Waals surface area (Å²) in [6.07, 6.45) is 2.04. The molecule has 2 heterocycles. The zero-order chi connectivity index (χ0) is 26.8. The second kappa shape index (κ2) is 14.1. The Balaban J connectivity index is 1.49. The summed E-state index contributed by atoms with van der Waals surface area (Å²) in [4.78, 5) is 53.9. The van der Waals surface area contributed by atoms with Crippen LogP contribution in [-0.4, -0.2) is 124 Å². The molecule has 3 rings (SSSR count). The number of carbonyl (C=O) groups is 4. The SMILES string of the molecule is O=C(O)CN1CCN(Cc2ccc(CC(=O)CCCN3C(=O)C=CC3=O)cc2)CCN(CC(O)O)CC1. The fourth-order valence-electron chi connectivity index (χ4n) is 4.53. The third-order valence-corrected chi connectivity index (χ3v) is 6.55. The summed E-state index contributed by atoms with van der Waals surface area (Å²) >= 11 is 0. The van der Waals surface area contributed by atoms with Crippen molar-refractivity contribution in [1.82, 2.24) is 19.6 Å². The van der Waals surface area contributed by atoms with E-state index in [9.17, 15) is 34.5 Å². The minimum Gasteiger partial charge on any atom is -0.480 e. The van der Waals surface area contributed by atoms with Crippen LogP contribution in [0.3, 0.4) is 0 Å². The summed E-state index contributed by atoms with van der Waals surface area (Å²) in [6.45, 7) is 4.65. The first kappa shape index (κ1) is 28.6. The maximum atomic E-state index is 12.4. The van der Waals surface area contributed by atoms with Crippen LogP contribution in [0, 0.1) is 0 Å². The molecule has 2 aliphatic heterocycles. The molecule has 1 saturated heterocycles. The molecule has 1 aromatic rings. The van der Waals surface area contributed by atoms with Crippen molar-refractivity contribution in [3.8, 4) is 0 Å². The topological polar surface area (TPSA) is 142 Å². The van der Waals surface area contributed by atoms with Gasteiger partial charge >= 0.3 is 5.97 Å². The van der Waals surface area contributed by atoms with E-state index in [0.717, 1.165) is 16.0 Å². The van der Waals surface area contributed by atoms with Gasteiger partial charge in [-0.1, -0.05) is 24.3 Å². The van der Waals surface area contributed by atoms with Gasteiger partial charge in [-0.05, 0) is 17.5 Å². The van der Waals surface area contributed by atoms with Gasteiger partial charge in [0, 0.05) is 83.9 Å². The molecule has 11 heteroatoms. The number of nitrogens with zero attached hydrogens (tertiary/aromatic N) is 4. The number of aliphatic carboxylic acids is 1. The van der Waals surface area contributed by atoms with Crippen molar-refractivity contribution in [3.63, 3.8) is 0 Å². The summed E-state index contributed by atoms with van der Waals surface area (Å²) in [5.41, 5.74) is 1.96. The highest BCUT2D eigenvalue weighted by atomic mass is 16.5. The summed E-state index contributed by atoms with van der Waals surface area (Å²) in [7, 11) is 0. The molecule has 1 aromatic carbocycles. The second-order valence-corrected chi connectivity index (χ2v) is 9.52. The highest BCUT2D eigenvalue weighted by Crippen LogP contribution is 2.12. The number of rotatable bonds is 12. The molecular weight excluding hydrogens is 480 g/mol. The Hall–Kier alpha value is -2.96. The molecule has 0 radical (unpaired) electrons. The van der Waals surface area contributed by atoms with Crippen LogP contribution >= 0.6 is 0 Å². The summed E-state index contributed by atoms with van der Waals surface area (Å²) in [5.74, 6) is -1.52. The summed E-state index contributed by atoms with van der Waals surface area (Å²) in [5, 5.41) is 28.0. The first-order chi connectivity index (χ1) is 17.7.